The van der Waals surface area contributed by atoms with Gasteiger partial charge < -0.3 is 10.1 Å². The second-order valence-electron chi connectivity index (χ2n) is 3.49. The smallest absolute Gasteiger partial charge is 0.0721 e. The van der Waals surface area contributed by atoms with Crippen LogP contribution in [-0.4, -0.2) is 25.8 Å². The molecule has 0 aromatic heterocycles. The Morgan fingerprint density at radius 2 is 1.92 bits per heavy atom. The quantitative estimate of drug-likeness (QED) is 0.630. The zero-order valence-corrected chi connectivity index (χ0v) is 9.60. The summed E-state index contributed by atoms with van der Waals surface area (Å²) < 4.78 is 5.45. The summed E-state index contributed by atoms with van der Waals surface area (Å²) in [5.74, 6) is 0. The molecular weight excluding hydrogens is 162 g/mol. The fourth-order valence-corrected chi connectivity index (χ4v) is 1.72. The van der Waals surface area contributed by atoms with Crippen molar-refractivity contribution in [1.29, 1.82) is 0 Å². The van der Waals surface area contributed by atoms with E-state index in [0.717, 1.165) is 13.0 Å². The molecule has 0 heterocycles. The van der Waals surface area contributed by atoms with E-state index in [-0.39, 0.29) is 0 Å². The van der Waals surface area contributed by atoms with E-state index in [2.05, 4.69) is 26.1 Å². The Balaban J connectivity index is 3.88. The number of methoxy groups -OCH3 is 1. The van der Waals surface area contributed by atoms with Crippen molar-refractivity contribution < 1.29 is 4.74 Å². The molecule has 2 unspecified atom stereocenters. The van der Waals surface area contributed by atoms with E-state index in [4.69, 9.17) is 4.74 Å². The normalized spacial score (nSPS) is 15.7. The summed E-state index contributed by atoms with van der Waals surface area (Å²) in [5.41, 5.74) is 0. The predicted octanol–water partition coefficient (Wildman–Crippen LogP) is 2.58. The van der Waals surface area contributed by atoms with Gasteiger partial charge in [-0.3, -0.25) is 0 Å². The van der Waals surface area contributed by atoms with E-state index < -0.39 is 0 Å². The third-order valence-electron chi connectivity index (χ3n) is 2.49. The number of nitrogens with one attached hydrogen (secondary N) is 1. The zero-order chi connectivity index (χ0) is 10.1. The molecule has 0 aromatic carbocycles. The van der Waals surface area contributed by atoms with Crippen molar-refractivity contribution in [3.8, 4) is 0 Å². The Labute approximate surface area is 83.1 Å². The molecule has 0 bridgehead atoms. The summed E-state index contributed by atoms with van der Waals surface area (Å²) in [7, 11) is 1.81. The highest BCUT2D eigenvalue weighted by Gasteiger charge is 2.17. The van der Waals surface area contributed by atoms with Gasteiger partial charge in [-0.15, -0.1) is 0 Å². The van der Waals surface area contributed by atoms with Gasteiger partial charge in [-0.2, -0.15) is 0 Å². The molecule has 0 aliphatic carbocycles. The topological polar surface area (TPSA) is 21.3 Å². The predicted molar refractivity (Wildman–Crippen MR) is 58.1 cm³/mol. The van der Waals surface area contributed by atoms with Gasteiger partial charge in [-0.1, -0.05) is 33.6 Å². The summed E-state index contributed by atoms with van der Waals surface area (Å²) in [6.45, 7) is 7.61. The van der Waals surface area contributed by atoms with Crippen LogP contribution in [0.5, 0.6) is 0 Å². The summed E-state index contributed by atoms with van der Waals surface area (Å²) in [4.78, 5) is 0. The lowest BCUT2D eigenvalue weighted by Crippen LogP contribution is -2.40. The Bertz CT molecular complexity index is 102. The minimum absolute atomic E-state index is 0.381. The molecule has 0 aliphatic heterocycles. The molecule has 0 aliphatic rings. The van der Waals surface area contributed by atoms with Crippen molar-refractivity contribution in [2.24, 2.45) is 0 Å². The van der Waals surface area contributed by atoms with Crippen LogP contribution in [-0.2, 0) is 4.74 Å². The Kier molecular flexibility index (Phi) is 8.46. The van der Waals surface area contributed by atoms with Gasteiger partial charge in [0.15, 0.2) is 0 Å². The van der Waals surface area contributed by atoms with Crippen molar-refractivity contribution in [2.45, 2.75) is 58.6 Å². The molecule has 0 spiro atoms. The fourth-order valence-electron chi connectivity index (χ4n) is 1.72. The molecule has 0 saturated carbocycles. The third kappa shape index (κ3) is 5.27. The summed E-state index contributed by atoms with van der Waals surface area (Å²) in [6.07, 6.45) is 5.26. The zero-order valence-electron chi connectivity index (χ0n) is 9.60. The Morgan fingerprint density at radius 3 is 2.31 bits per heavy atom. The second-order valence-corrected chi connectivity index (χ2v) is 3.49. The number of unbranched alkanes of at least 4 members (excludes halogenated alkanes) is 1. The van der Waals surface area contributed by atoms with Crippen LogP contribution in [0.3, 0.4) is 0 Å². The van der Waals surface area contributed by atoms with Crippen molar-refractivity contribution >= 4 is 0 Å². The first kappa shape index (κ1) is 12.9. The molecule has 0 rings (SSSR count). The minimum Gasteiger partial charge on any atom is -0.380 e. The number of rotatable bonds is 8. The summed E-state index contributed by atoms with van der Waals surface area (Å²) >= 11 is 0. The van der Waals surface area contributed by atoms with Crippen molar-refractivity contribution in [1.82, 2.24) is 5.32 Å². The van der Waals surface area contributed by atoms with Crippen molar-refractivity contribution in [3.63, 3.8) is 0 Å². The van der Waals surface area contributed by atoms with Gasteiger partial charge in [0, 0.05) is 13.2 Å². The molecule has 0 fully saturated rings. The molecule has 0 radical (unpaired) electrons. The van der Waals surface area contributed by atoms with Crippen LogP contribution in [0.2, 0.25) is 0 Å². The SMILES string of the molecule is CCCCC(NCC)C(CC)OC. The molecule has 1 N–H and O–H groups in total. The summed E-state index contributed by atoms with van der Waals surface area (Å²) in [5, 5.41) is 3.49. The molecule has 13 heavy (non-hydrogen) atoms. The van der Waals surface area contributed by atoms with Gasteiger partial charge in [0.05, 0.1) is 6.10 Å². The highest BCUT2D eigenvalue weighted by atomic mass is 16.5. The molecule has 2 heteroatoms. The first-order valence-corrected chi connectivity index (χ1v) is 5.56. The largest absolute Gasteiger partial charge is 0.380 e. The molecular formula is C11H25NO. The van der Waals surface area contributed by atoms with E-state index >= 15 is 0 Å². The lowest BCUT2D eigenvalue weighted by atomic mass is 10.0. The van der Waals surface area contributed by atoms with Crippen molar-refractivity contribution in [3.05, 3.63) is 0 Å². The Hall–Kier alpha value is -0.0800. The van der Waals surface area contributed by atoms with Crippen LogP contribution in [0.25, 0.3) is 0 Å². The van der Waals surface area contributed by atoms with Gasteiger partial charge in [0.2, 0.25) is 0 Å². The number of hydrogen-bond donors (Lipinski definition) is 1. The van der Waals surface area contributed by atoms with Crippen LogP contribution >= 0.6 is 0 Å². The minimum atomic E-state index is 0.381. The first-order chi connectivity index (χ1) is 6.29. The molecule has 2 nitrogen and oxygen atoms in total. The molecule has 0 saturated heterocycles. The molecule has 0 amide bonds. The number of likely N-dealkylation sites (N-methyl/N-ethyl adjacent to an activating group) is 1. The molecule has 2 atom stereocenters. The maximum atomic E-state index is 5.45. The average Bonchev–Trinajstić information content (AvgIpc) is 2.16. The number of ether oxygens (including phenoxy) is 1. The maximum absolute atomic E-state index is 5.45. The van der Waals surface area contributed by atoms with Crippen LogP contribution < -0.4 is 5.32 Å². The van der Waals surface area contributed by atoms with Gasteiger partial charge in [-0.25, -0.2) is 0 Å². The third-order valence-corrected chi connectivity index (χ3v) is 2.49. The summed E-state index contributed by atoms with van der Waals surface area (Å²) in [6, 6.07) is 0.542. The van der Waals surface area contributed by atoms with Gasteiger partial charge >= 0.3 is 0 Å². The lowest BCUT2D eigenvalue weighted by molar-refractivity contribution is 0.0623. The standard InChI is InChI=1S/C11H25NO/c1-5-8-9-10(12-7-3)11(6-2)13-4/h10-12H,5-9H2,1-4H3. The van der Waals surface area contributed by atoms with Crippen LogP contribution in [0.15, 0.2) is 0 Å². The van der Waals surface area contributed by atoms with Crippen LogP contribution in [0, 0.1) is 0 Å². The fraction of sp³-hybridized carbons (Fsp3) is 1.00. The first-order valence-electron chi connectivity index (χ1n) is 5.56. The number of hydrogen-bond acceptors (Lipinski definition) is 2. The molecule has 80 valence electrons. The average molecular weight is 187 g/mol. The van der Waals surface area contributed by atoms with Crippen LogP contribution in [0.1, 0.15) is 46.5 Å². The Morgan fingerprint density at radius 1 is 1.23 bits per heavy atom. The highest BCUT2D eigenvalue weighted by Crippen LogP contribution is 2.10. The highest BCUT2D eigenvalue weighted by molar-refractivity contribution is 4.75. The van der Waals surface area contributed by atoms with Crippen LogP contribution in [0.4, 0.5) is 0 Å². The van der Waals surface area contributed by atoms with Gasteiger partial charge in [-0.05, 0) is 19.4 Å². The van der Waals surface area contributed by atoms with E-state index in [1.54, 1.807) is 0 Å². The molecule has 0 aromatic rings. The van der Waals surface area contributed by atoms with Crippen molar-refractivity contribution in [2.75, 3.05) is 13.7 Å². The second kappa shape index (κ2) is 8.52. The van der Waals surface area contributed by atoms with E-state index in [1.165, 1.54) is 19.3 Å². The lowest BCUT2D eigenvalue weighted by Gasteiger charge is -2.25. The van der Waals surface area contributed by atoms with Gasteiger partial charge in [0.25, 0.3) is 0 Å². The van der Waals surface area contributed by atoms with E-state index in [1.807, 2.05) is 7.11 Å². The van der Waals surface area contributed by atoms with E-state index in [0.29, 0.717) is 12.1 Å². The van der Waals surface area contributed by atoms with Gasteiger partial charge in [0.1, 0.15) is 0 Å². The van der Waals surface area contributed by atoms with E-state index in [9.17, 15) is 0 Å². The maximum Gasteiger partial charge on any atom is 0.0721 e. The monoisotopic (exact) mass is 187 g/mol.